The van der Waals surface area contributed by atoms with Gasteiger partial charge >= 0.3 is 0 Å². The van der Waals surface area contributed by atoms with E-state index in [-0.39, 0.29) is 17.9 Å². The summed E-state index contributed by atoms with van der Waals surface area (Å²) in [4.78, 5) is 30.1. The van der Waals surface area contributed by atoms with Gasteiger partial charge in [0.25, 0.3) is 11.7 Å². The first-order valence-corrected chi connectivity index (χ1v) is 8.88. The van der Waals surface area contributed by atoms with Gasteiger partial charge in [0.2, 0.25) is 5.78 Å². The Morgan fingerprint density at radius 2 is 2.07 bits per heavy atom. The van der Waals surface area contributed by atoms with Crippen LogP contribution in [0.15, 0.2) is 37.1 Å². The predicted octanol–water partition coefficient (Wildman–Crippen LogP) is 2.17. The molecule has 0 aliphatic rings. The Bertz CT molecular complexity index is 1080. The van der Waals surface area contributed by atoms with Crippen LogP contribution in [-0.2, 0) is 0 Å². The highest BCUT2D eigenvalue weighted by molar-refractivity contribution is 5.93. The molecule has 0 aliphatic heterocycles. The maximum Gasteiger partial charge on any atom is 0.270 e. The summed E-state index contributed by atoms with van der Waals surface area (Å²) in [5.74, 6) is 0.927. The smallest absolute Gasteiger partial charge is 0.270 e. The minimum absolute atomic E-state index is 0.176. The molecule has 0 fully saturated rings. The van der Waals surface area contributed by atoms with Crippen LogP contribution in [0.1, 0.15) is 61.0 Å². The van der Waals surface area contributed by atoms with Gasteiger partial charge in [-0.1, -0.05) is 20.8 Å². The molecule has 27 heavy (non-hydrogen) atoms. The zero-order valence-electron chi connectivity index (χ0n) is 15.4. The molecule has 0 saturated heterocycles. The van der Waals surface area contributed by atoms with Crippen LogP contribution in [0.25, 0.3) is 11.6 Å². The number of aromatic nitrogens is 7. The highest BCUT2D eigenvalue weighted by Gasteiger charge is 2.20. The highest BCUT2D eigenvalue weighted by atomic mass is 16.2. The molecule has 0 aliphatic carbocycles. The summed E-state index contributed by atoms with van der Waals surface area (Å²) in [6.07, 6.45) is 7.58. The molecule has 0 bridgehead atoms. The number of amides is 1. The summed E-state index contributed by atoms with van der Waals surface area (Å²) in [6.45, 7) is 6.07. The lowest BCUT2D eigenvalue weighted by atomic mass is 10.1. The lowest BCUT2D eigenvalue weighted by Gasteiger charge is -2.15. The number of hydrogen-bond donors (Lipinski definition) is 1. The van der Waals surface area contributed by atoms with Gasteiger partial charge in [-0.2, -0.15) is 10.1 Å². The van der Waals surface area contributed by atoms with Crippen molar-refractivity contribution in [3.8, 4) is 0 Å². The van der Waals surface area contributed by atoms with Crippen molar-refractivity contribution in [2.75, 3.05) is 0 Å². The molecular weight excluding hydrogens is 344 g/mol. The van der Waals surface area contributed by atoms with Gasteiger partial charge in [-0.3, -0.25) is 9.20 Å². The van der Waals surface area contributed by atoms with E-state index in [0.717, 1.165) is 11.4 Å². The van der Waals surface area contributed by atoms with Gasteiger partial charge in [0.15, 0.2) is 0 Å². The lowest BCUT2D eigenvalue weighted by molar-refractivity contribution is 0.0929. The molecule has 9 heteroatoms. The first kappa shape index (κ1) is 17.1. The van der Waals surface area contributed by atoms with Gasteiger partial charge in [-0.15, -0.1) is 0 Å². The van der Waals surface area contributed by atoms with E-state index < -0.39 is 0 Å². The van der Waals surface area contributed by atoms with Crippen molar-refractivity contribution in [3.05, 3.63) is 54.1 Å². The van der Waals surface area contributed by atoms with Crippen LogP contribution >= 0.6 is 0 Å². The van der Waals surface area contributed by atoms with E-state index in [9.17, 15) is 4.79 Å². The van der Waals surface area contributed by atoms with Gasteiger partial charge in [-0.05, 0) is 24.5 Å². The Balaban J connectivity index is 1.64. The minimum Gasteiger partial charge on any atom is -0.342 e. The molecule has 0 saturated carbocycles. The molecule has 1 amide bonds. The number of hydrogen-bond acceptors (Lipinski definition) is 6. The molecule has 4 aromatic rings. The standard InChI is InChI=1S/C18H20N8O/c1-4-12(14-9-25-7-5-6-19-17(25)24-14)22-16(27)13-8-15(11(2)3)26-18(23-13)20-10-21-26/h5-12H,4H2,1-3H3,(H,22,27)/t12-/m1/s1. The van der Waals surface area contributed by atoms with Crippen LogP contribution in [-0.4, -0.2) is 39.9 Å². The molecule has 4 aromatic heterocycles. The van der Waals surface area contributed by atoms with Crippen molar-refractivity contribution >= 4 is 17.5 Å². The molecule has 0 radical (unpaired) electrons. The largest absolute Gasteiger partial charge is 0.342 e. The van der Waals surface area contributed by atoms with Crippen molar-refractivity contribution in [2.24, 2.45) is 0 Å². The van der Waals surface area contributed by atoms with Crippen molar-refractivity contribution in [1.29, 1.82) is 0 Å². The second-order valence-electron chi connectivity index (χ2n) is 6.62. The van der Waals surface area contributed by atoms with E-state index in [1.54, 1.807) is 16.8 Å². The van der Waals surface area contributed by atoms with E-state index in [1.165, 1.54) is 6.33 Å². The summed E-state index contributed by atoms with van der Waals surface area (Å²) >= 11 is 0. The highest BCUT2D eigenvalue weighted by Crippen LogP contribution is 2.19. The van der Waals surface area contributed by atoms with Gasteiger partial charge in [0.05, 0.1) is 17.4 Å². The first-order valence-electron chi connectivity index (χ1n) is 8.88. The van der Waals surface area contributed by atoms with E-state index in [4.69, 9.17) is 0 Å². The van der Waals surface area contributed by atoms with E-state index >= 15 is 0 Å². The maximum absolute atomic E-state index is 12.9. The Labute approximate surface area is 155 Å². The second kappa shape index (κ2) is 6.75. The van der Waals surface area contributed by atoms with E-state index in [1.807, 2.05) is 43.6 Å². The van der Waals surface area contributed by atoms with Gasteiger partial charge in [0.1, 0.15) is 12.0 Å². The third-order valence-electron chi connectivity index (χ3n) is 4.43. The summed E-state index contributed by atoms with van der Waals surface area (Å²) in [6, 6.07) is 3.36. The third-order valence-corrected chi connectivity index (χ3v) is 4.43. The molecular formula is C18H20N8O. The first-order chi connectivity index (χ1) is 13.1. The number of fused-ring (bicyclic) bond motifs is 2. The third kappa shape index (κ3) is 3.12. The fraction of sp³-hybridized carbons (Fsp3) is 0.333. The normalized spacial score (nSPS) is 12.7. The molecule has 1 atom stereocenters. The summed E-state index contributed by atoms with van der Waals surface area (Å²) in [5.41, 5.74) is 1.96. The number of carbonyl (C=O) groups is 1. The van der Waals surface area contributed by atoms with Crippen molar-refractivity contribution in [3.63, 3.8) is 0 Å². The van der Waals surface area contributed by atoms with Crippen LogP contribution in [0.2, 0.25) is 0 Å². The Morgan fingerprint density at radius 3 is 2.81 bits per heavy atom. The number of nitrogens with zero attached hydrogens (tertiary/aromatic N) is 7. The Kier molecular flexibility index (Phi) is 4.27. The molecule has 9 nitrogen and oxygen atoms in total. The van der Waals surface area contributed by atoms with Gasteiger partial charge < -0.3 is 5.32 Å². The summed E-state index contributed by atoms with van der Waals surface area (Å²) in [7, 11) is 0. The van der Waals surface area contributed by atoms with Gasteiger partial charge in [0, 0.05) is 18.6 Å². The minimum atomic E-state index is -0.265. The fourth-order valence-corrected chi connectivity index (χ4v) is 3.00. The quantitative estimate of drug-likeness (QED) is 0.582. The summed E-state index contributed by atoms with van der Waals surface area (Å²) in [5, 5.41) is 7.20. The molecule has 4 heterocycles. The maximum atomic E-state index is 12.9. The van der Waals surface area contributed by atoms with Crippen LogP contribution < -0.4 is 5.32 Å². The molecule has 0 aromatic carbocycles. The van der Waals surface area contributed by atoms with Crippen molar-refractivity contribution in [2.45, 2.75) is 39.2 Å². The number of nitrogens with one attached hydrogen (secondary N) is 1. The molecule has 4 rings (SSSR count). The van der Waals surface area contributed by atoms with E-state index in [2.05, 4.69) is 30.4 Å². The summed E-state index contributed by atoms with van der Waals surface area (Å²) < 4.78 is 3.49. The average molecular weight is 364 g/mol. The zero-order chi connectivity index (χ0) is 19.0. The SMILES string of the molecule is CC[C@@H](NC(=O)c1cc(C(C)C)n2ncnc2n1)c1cn2cccnc2n1. The van der Waals surface area contributed by atoms with E-state index in [0.29, 0.717) is 23.7 Å². The van der Waals surface area contributed by atoms with Crippen molar-refractivity contribution < 1.29 is 4.79 Å². The average Bonchev–Trinajstić information content (AvgIpc) is 3.31. The van der Waals surface area contributed by atoms with Crippen molar-refractivity contribution in [1.82, 2.24) is 39.3 Å². The van der Waals surface area contributed by atoms with Crippen LogP contribution in [0.5, 0.6) is 0 Å². The predicted molar refractivity (Wildman–Crippen MR) is 98.4 cm³/mol. The molecule has 138 valence electrons. The van der Waals surface area contributed by atoms with Crippen LogP contribution in [0.4, 0.5) is 0 Å². The number of rotatable bonds is 5. The zero-order valence-corrected chi connectivity index (χ0v) is 15.4. The van der Waals surface area contributed by atoms with Gasteiger partial charge in [-0.25, -0.2) is 19.5 Å². The fourth-order valence-electron chi connectivity index (χ4n) is 3.00. The van der Waals surface area contributed by atoms with Crippen LogP contribution in [0, 0.1) is 0 Å². The Morgan fingerprint density at radius 1 is 1.22 bits per heavy atom. The lowest BCUT2D eigenvalue weighted by Crippen LogP contribution is -2.29. The monoisotopic (exact) mass is 364 g/mol. The molecule has 0 unspecified atom stereocenters. The topological polar surface area (TPSA) is 102 Å². The molecule has 0 spiro atoms. The van der Waals surface area contributed by atoms with Crippen LogP contribution in [0.3, 0.4) is 0 Å². The Hall–Kier alpha value is -3.36. The number of carbonyl (C=O) groups excluding carboxylic acids is 1. The second-order valence-corrected chi connectivity index (χ2v) is 6.62. The molecule has 1 N–H and O–H groups in total. The number of imidazole rings is 1.